The molecule has 0 amide bonds. The minimum Gasteiger partial charge on any atom is -0.379 e. The van der Waals surface area contributed by atoms with Gasteiger partial charge in [0.15, 0.2) is 0 Å². The zero-order valence-corrected chi connectivity index (χ0v) is 18.5. The number of hydrogen-bond acceptors (Lipinski definition) is 4. The molecule has 6 nitrogen and oxygen atoms in total. The largest absolute Gasteiger partial charge is 0.496 e. The maximum atomic E-state index is 10.4. The minimum absolute atomic E-state index is 0.232. The lowest BCUT2D eigenvalue weighted by molar-refractivity contribution is -0.222. The summed E-state index contributed by atoms with van der Waals surface area (Å²) in [5.41, 5.74) is 0. The van der Waals surface area contributed by atoms with Crippen molar-refractivity contribution < 1.29 is 28.7 Å². The molecule has 1 unspecified atom stereocenters. The second kappa shape index (κ2) is 19.4. The molecule has 2 N–H and O–H groups in total. The molecule has 0 rings (SSSR count). The minimum atomic E-state index is -4.49. The first-order valence-electron chi connectivity index (χ1n) is 10.9. The summed E-state index contributed by atoms with van der Waals surface area (Å²) in [7, 11) is -4.49. The highest BCUT2D eigenvalue weighted by atomic mass is 31.2. The average Bonchev–Trinajstić information content (AvgIpc) is 2.62. The molecule has 0 aromatic carbocycles. The summed E-state index contributed by atoms with van der Waals surface area (Å²) < 4.78 is 20.0. The van der Waals surface area contributed by atoms with Gasteiger partial charge >= 0.3 is 7.82 Å². The maximum absolute atomic E-state index is 10.4. The Bertz CT molecular complexity index is 347. The Morgan fingerprint density at radius 2 is 1.07 bits per heavy atom. The lowest BCUT2D eigenvalue weighted by Gasteiger charge is -2.09. The Balaban J connectivity index is 3.06. The van der Waals surface area contributed by atoms with Crippen molar-refractivity contribution in [3.63, 3.8) is 0 Å². The van der Waals surface area contributed by atoms with Crippen LogP contribution in [0.1, 0.15) is 110 Å². The van der Waals surface area contributed by atoms with E-state index in [1.807, 2.05) is 0 Å². The van der Waals surface area contributed by atoms with Crippen molar-refractivity contribution in [2.75, 3.05) is 13.2 Å². The van der Waals surface area contributed by atoms with E-state index in [1.165, 1.54) is 70.6 Å². The molecular weight excluding hydrogens is 367 g/mol. The first-order chi connectivity index (χ1) is 13.0. The van der Waals surface area contributed by atoms with Gasteiger partial charge in [-0.2, -0.15) is 0 Å². The van der Waals surface area contributed by atoms with E-state index >= 15 is 0 Å². The highest BCUT2D eigenvalue weighted by Gasteiger charge is 2.14. The summed E-state index contributed by atoms with van der Waals surface area (Å²) in [6.07, 6.45) is 18.8. The van der Waals surface area contributed by atoms with Crippen molar-refractivity contribution in [3.05, 3.63) is 0 Å². The Morgan fingerprint density at radius 3 is 1.44 bits per heavy atom. The van der Waals surface area contributed by atoms with E-state index in [0.29, 0.717) is 6.10 Å². The molecule has 0 aromatic heterocycles. The van der Waals surface area contributed by atoms with Crippen LogP contribution in [0.2, 0.25) is 0 Å². The summed E-state index contributed by atoms with van der Waals surface area (Å²) in [6, 6.07) is 0. The van der Waals surface area contributed by atoms with Crippen molar-refractivity contribution in [1.82, 2.24) is 0 Å². The van der Waals surface area contributed by atoms with Crippen LogP contribution in [0.15, 0.2) is 0 Å². The third kappa shape index (κ3) is 24.0. The van der Waals surface area contributed by atoms with Crippen molar-refractivity contribution in [2.45, 2.75) is 116 Å². The monoisotopic (exact) mass is 410 g/mol. The van der Waals surface area contributed by atoms with Crippen molar-refractivity contribution >= 4 is 7.82 Å². The zero-order chi connectivity index (χ0) is 20.2. The first kappa shape index (κ1) is 27.0. The van der Waals surface area contributed by atoms with Gasteiger partial charge in [-0.15, -0.1) is 4.67 Å². The van der Waals surface area contributed by atoms with Crippen molar-refractivity contribution in [3.8, 4) is 0 Å². The van der Waals surface area contributed by atoms with Gasteiger partial charge in [-0.05, 0) is 26.2 Å². The molecule has 0 saturated heterocycles. The molecule has 0 aliphatic carbocycles. The Hall–Kier alpha value is 0.0300. The van der Waals surface area contributed by atoms with Crippen LogP contribution in [-0.2, 0) is 18.9 Å². The van der Waals surface area contributed by atoms with Gasteiger partial charge in [0.2, 0.25) is 0 Å². The van der Waals surface area contributed by atoms with Crippen LogP contribution in [0.25, 0.3) is 0 Å². The second-order valence-electron chi connectivity index (χ2n) is 7.43. The predicted octanol–water partition coefficient (Wildman–Crippen LogP) is 6.30. The fourth-order valence-electron chi connectivity index (χ4n) is 2.89. The quantitative estimate of drug-likeness (QED) is 0.0999. The molecular formula is C20H43O6P. The summed E-state index contributed by atoms with van der Waals surface area (Å²) in [5, 5.41) is 0. The van der Waals surface area contributed by atoms with Crippen molar-refractivity contribution in [1.29, 1.82) is 0 Å². The van der Waals surface area contributed by atoms with E-state index in [9.17, 15) is 4.57 Å². The number of ether oxygens (including phenoxy) is 1. The Kier molecular flexibility index (Phi) is 19.4. The van der Waals surface area contributed by atoms with Gasteiger partial charge in [0.05, 0.1) is 12.7 Å². The summed E-state index contributed by atoms with van der Waals surface area (Å²) in [6.45, 7) is 5.46. The molecule has 0 fully saturated rings. The van der Waals surface area contributed by atoms with E-state index in [-0.39, 0.29) is 6.61 Å². The maximum Gasteiger partial charge on any atom is 0.496 e. The van der Waals surface area contributed by atoms with Crippen LogP contribution in [0, 0.1) is 0 Å². The number of unbranched alkanes of at least 4 members (excludes halogenated alkanes) is 13. The first-order valence-corrected chi connectivity index (χ1v) is 12.5. The smallest absolute Gasteiger partial charge is 0.379 e. The molecule has 0 bridgehead atoms. The van der Waals surface area contributed by atoms with Gasteiger partial charge in [-0.1, -0.05) is 84.0 Å². The molecule has 0 heterocycles. The molecule has 0 radical (unpaired) electrons. The van der Waals surface area contributed by atoms with E-state index in [4.69, 9.17) is 14.5 Å². The van der Waals surface area contributed by atoms with Gasteiger partial charge in [0.25, 0.3) is 0 Å². The van der Waals surface area contributed by atoms with Gasteiger partial charge in [-0.3, -0.25) is 0 Å². The van der Waals surface area contributed by atoms with Gasteiger partial charge in [0, 0.05) is 6.61 Å². The number of rotatable bonds is 21. The van der Waals surface area contributed by atoms with E-state index in [2.05, 4.69) is 23.4 Å². The van der Waals surface area contributed by atoms with Crippen LogP contribution >= 0.6 is 7.82 Å². The lowest BCUT2D eigenvalue weighted by Crippen LogP contribution is -2.07. The van der Waals surface area contributed by atoms with Gasteiger partial charge in [0.1, 0.15) is 0 Å². The topological polar surface area (TPSA) is 85.2 Å². The predicted molar refractivity (Wildman–Crippen MR) is 109 cm³/mol. The standard InChI is InChI=1S/C20H43O6P/c1-3-20(2)24-18-16-14-12-10-8-6-4-5-7-9-11-13-15-17-19-25-26-27(21,22)23/h20H,3-19H2,1-2H3,(H2,21,22,23). The average molecular weight is 411 g/mol. The van der Waals surface area contributed by atoms with Crippen molar-refractivity contribution in [2.24, 2.45) is 0 Å². The normalized spacial score (nSPS) is 13.2. The lowest BCUT2D eigenvalue weighted by atomic mass is 10.0. The molecule has 0 saturated carbocycles. The molecule has 0 aliphatic rings. The third-order valence-corrected chi connectivity index (χ3v) is 5.05. The van der Waals surface area contributed by atoms with Crippen LogP contribution in [0.3, 0.4) is 0 Å². The third-order valence-electron chi connectivity index (χ3n) is 4.75. The molecule has 0 aliphatic heterocycles. The molecule has 164 valence electrons. The SMILES string of the molecule is CCC(C)OCCCCCCCCCCCCCCCCOOP(=O)(O)O. The van der Waals surface area contributed by atoms with E-state index in [0.717, 1.165) is 32.3 Å². The number of hydrogen-bond donors (Lipinski definition) is 2. The summed E-state index contributed by atoms with van der Waals surface area (Å²) >= 11 is 0. The molecule has 27 heavy (non-hydrogen) atoms. The fourth-order valence-corrected chi connectivity index (χ4v) is 3.10. The molecule has 0 aromatic rings. The number of phosphoric acid groups is 1. The zero-order valence-electron chi connectivity index (χ0n) is 17.6. The van der Waals surface area contributed by atoms with E-state index < -0.39 is 7.82 Å². The fraction of sp³-hybridized carbons (Fsp3) is 1.00. The Labute approximate surface area is 166 Å². The van der Waals surface area contributed by atoms with Crippen LogP contribution < -0.4 is 0 Å². The van der Waals surface area contributed by atoms with Crippen LogP contribution in [-0.4, -0.2) is 29.1 Å². The Morgan fingerprint density at radius 1 is 0.704 bits per heavy atom. The molecule has 7 heteroatoms. The summed E-state index contributed by atoms with van der Waals surface area (Å²) in [5.74, 6) is 0. The second-order valence-corrected chi connectivity index (χ2v) is 8.56. The van der Waals surface area contributed by atoms with Crippen LogP contribution in [0.5, 0.6) is 0 Å². The van der Waals surface area contributed by atoms with Crippen LogP contribution in [0.4, 0.5) is 0 Å². The summed E-state index contributed by atoms with van der Waals surface area (Å²) in [4.78, 5) is 21.3. The highest BCUT2D eigenvalue weighted by molar-refractivity contribution is 7.46. The molecule has 1 atom stereocenters. The van der Waals surface area contributed by atoms with Gasteiger partial charge < -0.3 is 14.5 Å². The highest BCUT2D eigenvalue weighted by Crippen LogP contribution is 2.35. The van der Waals surface area contributed by atoms with Gasteiger partial charge in [-0.25, -0.2) is 9.45 Å². The molecule has 0 spiro atoms. The van der Waals surface area contributed by atoms with E-state index in [1.54, 1.807) is 0 Å².